The van der Waals surface area contributed by atoms with Gasteiger partial charge >= 0.3 is 5.97 Å². The number of nitrogens with one attached hydrogen (secondary N) is 1. The number of rotatable bonds is 2. The highest BCUT2D eigenvalue weighted by atomic mass is 19.2. The maximum atomic E-state index is 13.2. The summed E-state index contributed by atoms with van der Waals surface area (Å²) >= 11 is 0. The van der Waals surface area contributed by atoms with Gasteiger partial charge in [0.25, 0.3) is 0 Å². The summed E-state index contributed by atoms with van der Waals surface area (Å²) in [5.41, 5.74) is 0.961. The number of nitrogens with zero attached hydrogens (tertiary/aromatic N) is 1. The molecule has 2 N–H and O–H groups in total. The first-order valence-corrected chi connectivity index (χ1v) is 5.73. The molecule has 0 aliphatic rings. The van der Waals surface area contributed by atoms with E-state index in [0.29, 0.717) is 11.1 Å². The Balaban J connectivity index is 2.23. The van der Waals surface area contributed by atoms with Crippen molar-refractivity contribution in [1.29, 1.82) is 0 Å². The van der Waals surface area contributed by atoms with Crippen LogP contribution in [0.3, 0.4) is 0 Å². The zero-order chi connectivity index (χ0) is 14.3. The maximum absolute atomic E-state index is 13.2. The second-order valence-electron chi connectivity index (χ2n) is 4.22. The van der Waals surface area contributed by atoms with Gasteiger partial charge in [-0.1, -0.05) is 18.2 Å². The van der Waals surface area contributed by atoms with Gasteiger partial charge in [0.05, 0.1) is 16.6 Å². The second kappa shape index (κ2) is 4.41. The molecule has 0 aliphatic heterocycles. The Morgan fingerprint density at radius 3 is 2.60 bits per heavy atom. The SMILES string of the molecule is O=C(O)c1ccccc1-c1nc2cc(F)c(F)cc2[nH]1. The monoisotopic (exact) mass is 274 g/mol. The van der Waals surface area contributed by atoms with E-state index in [-0.39, 0.29) is 16.9 Å². The molecule has 0 radical (unpaired) electrons. The molecule has 0 spiro atoms. The van der Waals surface area contributed by atoms with Crippen LogP contribution in [0.15, 0.2) is 36.4 Å². The Morgan fingerprint density at radius 2 is 1.85 bits per heavy atom. The number of aromatic amines is 1. The van der Waals surface area contributed by atoms with Crippen LogP contribution in [-0.4, -0.2) is 21.0 Å². The third-order valence-electron chi connectivity index (χ3n) is 2.94. The second-order valence-corrected chi connectivity index (χ2v) is 4.22. The Morgan fingerprint density at radius 1 is 1.15 bits per heavy atom. The number of imidazole rings is 1. The highest BCUT2D eigenvalue weighted by Gasteiger charge is 2.15. The molecule has 3 rings (SSSR count). The summed E-state index contributed by atoms with van der Waals surface area (Å²) in [5, 5.41) is 9.13. The van der Waals surface area contributed by atoms with E-state index in [4.69, 9.17) is 5.11 Å². The van der Waals surface area contributed by atoms with Gasteiger partial charge in [-0.15, -0.1) is 0 Å². The van der Waals surface area contributed by atoms with Crippen LogP contribution in [0.2, 0.25) is 0 Å². The average Bonchev–Trinajstić information content (AvgIpc) is 2.82. The zero-order valence-corrected chi connectivity index (χ0v) is 10.0. The van der Waals surface area contributed by atoms with Crippen molar-refractivity contribution < 1.29 is 18.7 Å². The van der Waals surface area contributed by atoms with Gasteiger partial charge in [-0.25, -0.2) is 18.6 Å². The van der Waals surface area contributed by atoms with Crippen molar-refractivity contribution in [3.8, 4) is 11.4 Å². The van der Waals surface area contributed by atoms with Gasteiger partial charge in [0, 0.05) is 17.7 Å². The zero-order valence-electron chi connectivity index (χ0n) is 10.0. The Hall–Kier alpha value is -2.76. The fraction of sp³-hybridized carbons (Fsp3) is 0. The molecule has 0 fully saturated rings. The van der Waals surface area contributed by atoms with Crippen LogP contribution in [0.5, 0.6) is 0 Å². The summed E-state index contributed by atoms with van der Waals surface area (Å²) in [4.78, 5) is 18.1. The first kappa shape index (κ1) is 12.3. The molecule has 0 unspecified atom stereocenters. The minimum atomic E-state index is -1.10. The number of H-pyrrole nitrogens is 1. The summed E-state index contributed by atoms with van der Waals surface area (Å²) < 4.78 is 26.3. The van der Waals surface area contributed by atoms with E-state index in [1.165, 1.54) is 6.07 Å². The molecule has 0 saturated heterocycles. The van der Waals surface area contributed by atoms with Crippen LogP contribution >= 0.6 is 0 Å². The third kappa shape index (κ3) is 1.91. The van der Waals surface area contributed by atoms with Crippen LogP contribution in [0, 0.1) is 11.6 Å². The van der Waals surface area contributed by atoms with Crippen LogP contribution in [0.1, 0.15) is 10.4 Å². The number of hydrogen-bond donors (Lipinski definition) is 2. The molecule has 100 valence electrons. The molecule has 0 saturated carbocycles. The minimum absolute atomic E-state index is 0.0625. The van der Waals surface area contributed by atoms with E-state index in [1.807, 2.05) is 0 Å². The lowest BCUT2D eigenvalue weighted by Gasteiger charge is -2.01. The summed E-state index contributed by atoms with van der Waals surface area (Å²) in [7, 11) is 0. The standard InChI is InChI=1S/C14H8F2N2O2/c15-9-5-11-12(6-10(9)16)18-13(17-11)7-3-1-2-4-8(7)14(19)20/h1-6H,(H,17,18)(H,19,20). The van der Waals surface area contributed by atoms with E-state index in [2.05, 4.69) is 9.97 Å². The van der Waals surface area contributed by atoms with Gasteiger partial charge < -0.3 is 10.1 Å². The molecule has 2 aromatic carbocycles. The quantitative estimate of drug-likeness (QED) is 0.754. The van der Waals surface area contributed by atoms with Crippen molar-refractivity contribution in [2.45, 2.75) is 0 Å². The van der Waals surface area contributed by atoms with Crippen LogP contribution in [0.25, 0.3) is 22.4 Å². The smallest absolute Gasteiger partial charge is 0.336 e. The van der Waals surface area contributed by atoms with Gasteiger partial charge in [-0.3, -0.25) is 0 Å². The van der Waals surface area contributed by atoms with Crippen molar-refractivity contribution in [2.24, 2.45) is 0 Å². The molecule has 1 aromatic heterocycles. The minimum Gasteiger partial charge on any atom is -0.478 e. The summed E-state index contributed by atoms with van der Waals surface area (Å²) in [6.45, 7) is 0. The number of carboxylic acid groups (broad SMARTS) is 1. The first-order valence-electron chi connectivity index (χ1n) is 5.73. The number of hydrogen-bond acceptors (Lipinski definition) is 2. The number of carboxylic acids is 1. The van der Waals surface area contributed by atoms with Crippen LogP contribution < -0.4 is 0 Å². The van der Waals surface area contributed by atoms with Crippen molar-refractivity contribution >= 4 is 17.0 Å². The predicted octanol–water partition coefficient (Wildman–Crippen LogP) is 3.21. The highest BCUT2D eigenvalue weighted by molar-refractivity contribution is 5.95. The van der Waals surface area contributed by atoms with Crippen molar-refractivity contribution in [3.05, 3.63) is 53.6 Å². The Labute approximate surface area is 111 Å². The molecule has 20 heavy (non-hydrogen) atoms. The number of aromatic carboxylic acids is 1. The normalized spacial score (nSPS) is 10.9. The summed E-state index contributed by atoms with van der Waals surface area (Å²) in [6, 6.07) is 8.23. The molecule has 4 nitrogen and oxygen atoms in total. The largest absolute Gasteiger partial charge is 0.478 e. The summed E-state index contributed by atoms with van der Waals surface area (Å²) in [5.74, 6) is -2.83. The first-order chi connectivity index (χ1) is 9.56. The molecule has 3 aromatic rings. The molecule has 0 atom stereocenters. The molecule has 0 aliphatic carbocycles. The third-order valence-corrected chi connectivity index (χ3v) is 2.94. The Kier molecular flexibility index (Phi) is 2.71. The van der Waals surface area contributed by atoms with Gasteiger partial charge in [0.1, 0.15) is 5.82 Å². The van der Waals surface area contributed by atoms with Gasteiger partial charge in [0.2, 0.25) is 0 Å². The number of benzene rings is 2. The maximum Gasteiger partial charge on any atom is 0.336 e. The van der Waals surface area contributed by atoms with E-state index >= 15 is 0 Å². The van der Waals surface area contributed by atoms with Gasteiger partial charge in [-0.2, -0.15) is 0 Å². The van der Waals surface area contributed by atoms with Gasteiger partial charge in [0.15, 0.2) is 11.6 Å². The molecule has 0 amide bonds. The van der Waals surface area contributed by atoms with Crippen LogP contribution in [-0.2, 0) is 0 Å². The van der Waals surface area contributed by atoms with E-state index in [0.717, 1.165) is 12.1 Å². The van der Waals surface area contributed by atoms with E-state index < -0.39 is 17.6 Å². The average molecular weight is 274 g/mol. The number of aromatic nitrogens is 2. The molecule has 1 heterocycles. The van der Waals surface area contributed by atoms with Crippen LogP contribution in [0.4, 0.5) is 8.78 Å². The van der Waals surface area contributed by atoms with Crippen molar-refractivity contribution in [2.75, 3.05) is 0 Å². The molecular weight excluding hydrogens is 266 g/mol. The molecule has 0 bridgehead atoms. The van der Waals surface area contributed by atoms with Crippen molar-refractivity contribution in [3.63, 3.8) is 0 Å². The number of fused-ring (bicyclic) bond motifs is 1. The lowest BCUT2D eigenvalue weighted by molar-refractivity contribution is 0.0697. The number of carbonyl (C=O) groups is 1. The molecular formula is C14H8F2N2O2. The predicted molar refractivity (Wildman–Crippen MR) is 68.4 cm³/mol. The van der Waals surface area contributed by atoms with E-state index in [9.17, 15) is 13.6 Å². The topological polar surface area (TPSA) is 66.0 Å². The van der Waals surface area contributed by atoms with E-state index in [1.54, 1.807) is 18.2 Å². The summed E-state index contributed by atoms with van der Waals surface area (Å²) in [6.07, 6.45) is 0. The number of halogens is 2. The fourth-order valence-electron chi connectivity index (χ4n) is 2.01. The fourth-order valence-corrected chi connectivity index (χ4v) is 2.01. The Bertz CT molecular complexity index is 788. The lowest BCUT2D eigenvalue weighted by Crippen LogP contribution is -1.99. The molecule has 6 heteroatoms. The lowest BCUT2D eigenvalue weighted by atomic mass is 10.1. The highest BCUT2D eigenvalue weighted by Crippen LogP contribution is 2.25. The van der Waals surface area contributed by atoms with Crippen molar-refractivity contribution in [1.82, 2.24) is 9.97 Å². The van der Waals surface area contributed by atoms with Gasteiger partial charge in [-0.05, 0) is 6.07 Å².